The number of aromatic nitrogens is 2. The summed E-state index contributed by atoms with van der Waals surface area (Å²) in [5.74, 6) is -7.04. The van der Waals surface area contributed by atoms with Crippen LogP contribution in [0.2, 0.25) is 0 Å². The maximum absolute atomic E-state index is 13.6. The van der Waals surface area contributed by atoms with Crippen LogP contribution in [0.5, 0.6) is 5.75 Å². The number of nitrogens with one attached hydrogen (secondary N) is 2. The van der Waals surface area contributed by atoms with E-state index in [-0.39, 0.29) is 47.6 Å². The number of aryl methyl sites for hydroxylation is 1. The lowest BCUT2D eigenvalue weighted by Gasteiger charge is -2.23. The second-order valence-corrected chi connectivity index (χ2v) is 10.0. The second-order valence-electron chi connectivity index (χ2n) is 8.34. The minimum Gasteiger partial charge on any atom is -0.489 e. The molecule has 15 heteroatoms. The lowest BCUT2D eigenvalue weighted by atomic mass is 10.1. The number of nitrogens with zero attached hydrogens (tertiary/aromatic N) is 3. The van der Waals surface area contributed by atoms with E-state index in [1.54, 1.807) is 0 Å². The molecule has 2 atom stereocenters. The zero-order valence-corrected chi connectivity index (χ0v) is 19.3. The molecule has 11 nitrogen and oxygen atoms in total. The molecule has 2 N–H and O–H groups in total. The van der Waals surface area contributed by atoms with Crippen LogP contribution in [0.25, 0.3) is 0 Å². The summed E-state index contributed by atoms with van der Waals surface area (Å²) < 4.78 is 81.3. The molecule has 190 valence electrons. The predicted octanol–water partition coefficient (Wildman–Crippen LogP) is 1.49. The van der Waals surface area contributed by atoms with Gasteiger partial charge in [0.1, 0.15) is 11.2 Å². The first-order valence-electron chi connectivity index (χ1n) is 10.5. The number of hydrogen-bond acceptors (Lipinski definition) is 7. The highest BCUT2D eigenvalue weighted by atomic mass is 32.2. The topological polar surface area (TPSA) is 136 Å². The van der Waals surface area contributed by atoms with E-state index >= 15 is 0 Å². The van der Waals surface area contributed by atoms with Gasteiger partial charge in [-0.25, -0.2) is 31.3 Å². The Labute approximate surface area is 201 Å². The number of sulfonamides is 1. The van der Waals surface area contributed by atoms with Gasteiger partial charge in [0, 0.05) is 56.1 Å². The van der Waals surface area contributed by atoms with Gasteiger partial charge in [0.25, 0.3) is 11.8 Å². The van der Waals surface area contributed by atoms with E-state index in [4.69, 9.17) is 9.15 Å². The second kappa shape index (κ2) is 8.67. The lowest BCUT2D eigenvalue weighted by molar-refractivity contribution is 0.0742. The van der Waals surface area contributed by atoms with Gasteiger partial charge in [-0.3, -0.25) is 9.59 Å². The van der Waals surface area contributed by atoms with Crippen LogP contribution in [0.15, 0.2) is 40.1 Å². The van der Waals surface area contributed by atoms with Crippen LogP contribution in [-0.4, -0.2) is 60.4 Å². The maximum atomic E-state index is 13.6. The summed E-state index contributed by atoms with van der Waals surface area (Å²) >= 11 is 0. The summed E-state index contributed by atoms with van der Waals surface area (Å²) in [5.41, 5.74) is -0.626. The fraction of sp³-hybridized carbons (Fsp3) is 0.286. The van der Waals surface area contributed by atoms with Crippen molar-refractivity contribution in [2.24, 2.45) is 13.0 Å². The van der Waals surface area contributed by atoms with E-state index in [0.29, 0.717) is 12.1 Å². The molecule has 0 saturated carbocycles. The zero-order chi connectivity index (χ0) is 25.8. The maximum Gasteiger partial charge on any atom is 0.309 e. The van der Waals surface area contributed by atoms with E-state index in [1.807, 2.05) is 0 Å². The number of rotatable bonds is 3. The number of fused-ring (bicyclic) bond motifs is 2. The summed E-state index contributed by atoms with van der Waals surface area (Å²) in [4.78, 5) is 30.4. The van der Waals surface area contributed by atoms with Gasteiger partial charge in [0.05, 0.1) is 12.8 Å². The van der Waals surface area contributed by atoms with Crippen LogP contribution in [0.3, 0.4) is 0 Å². The summed E-state index contributed by atoms with van der Waals surface area (Å²) in [6.45, 7) is 0.123. The van der Waals surface area contributed by atoms with Crippen molar-refractivity contribution in [3.8, 4) is 5.75 Å². The molecular weight excluding hydrogens is 507 g/mol. The van der Waals surface area contributed by atoms with Gasteiger partial charge in [-0.15, -0.1) is 0 Å². The molecule has 0 radical (unpaired) electrons. The number of carbonyl (C=O) groups excluding carboxylic acids is 2. The molecule has 0 bridgehead atoms. The SMILES string of the molecule is Cn1cc2c(c1C(=O)Nc1cc(F)c(F)c(F)c1)OCC1CN(C(=O)c3ncco3)CC1NS2(=O)=O. The van der Waals surface area contributed by atoms with Crippen molar-refractivity contribution in [2.45, 2.75) is 10.9 Å². The molecule has 2 unspecified atom stereocenters. The van der Waals surface area contributed by atoms with Gasteiger partial charge in [-0.1, -0.05) is 0 Å². The largest absolute Gasteiger partial charge is 0.489 e. The molecule has 3 aromatic rings. The Morgan fingerprint density at radius 3 is 2.58 bits per heavy atom. The van der Waals surface area contributed by atoms with Gasteiger partial charge >= 0.3 is 5.91 Å². The minimum atomic E-state index is -4.21. The number of anilines is 1. The Balaban J connectivity index is 1.42. The molecule has 5 rings (SSSR count). The Kier molecular flexibility index (Phi) is 5.75. The molecule has 4 heterocycles. The normalized spacial score (nSPS) is 20.6. The van der Waals surface area contributed by atoms with Crippen LogP contribution in [0.1, 0.15) is 21.2 Å². The minimum absolute atomic E-state index is 0.0473. The van der Waals surface area contributed by atoms with Crippen molar-refractivity contribution in [3.05, 3.63) is 59.8 Å². The van der Waals surface area contributed by atoms with E-state index < -0.39 is 51.2 Å². The van der Waals surface area contributed by atoms with Crippen molar-refractivity contribution >= 4 is 27.5 Å². The van der Waals surface area contributed by atoms with Gasteiger partial charge in [0.15, 0.2) is 28.9 Å². The number of likely N-dealkylation sites (tertiary alicyclic amines) is 1. The first-order valence-corrected chi connectivity index (χ1v) is 12.0. The van der Waals surface area contributed by atoms with Crippen molar-refractivity contribution in [1.29, 1.82) is 0 Å². The van der Waals surface area contributed by atoms with Gasteiger partial charge < -0.3 is 23.9 Å². The van der Waals surface area contributed by atoms with Crippen LogP contribution in [0.4, 0.5) is 18.9 Å². The molecule has 2 aromatic heterocycles. The summed E-state index contributed by atoms with van der Waals surface area (Å²) in [6.07, 6.45) is 3.72. The van der Waals surface area contributed by atoms with Gasteiger partial charge in [-0.2, -0.15) is 0 Å². The molecule has 1 saturated heterocycles. The highest BCUT2D eigenvalue weighted by molar-refractivity contribution is 7.89. The number of hydrogen-bond donors (Lipinski definition) is 2. The van der Waals surface area contributed by atoms with E-state index in [2.05, 4.69) is 15.0 Å². The van der Waals surface area contributed by atoms with E-state index in [9.17, 15) is 31.2 Å². The monoisotopic (exact) mass is 525 g/mol. The van der Waals surface area contributed by atoms with Crippen LogP contribution < -0.4 is 14.8 Å². The van der Waals surface area contributed by atoms with E-state index in [0.717, 1.165) is 6.20 Å². The zero-order valence-electron chi connectivity index (χ0n) is 18.5. The number of benzene rings is 1. The molecule has 2 amide bonds. The van der Waals surface area contributed by atoms with Crippen molar-refractivity contribution < 1.29 is 40.3 Å². The third-order valence-electron chi connectivity index (χ3n) is 5.94. The Morgan fingerprint density at radius 2 is 1.92 bits per heavy atom. The fourth-order valence-electron chi connectivity index (χ4n) is 4.25. The fourth-order valence-corrected chi connectivity index (χ4v) is 5.73. The molecule has 2 aliphatic heterocycles. The molecule has 1 fully saturated rings. The van der Waals surface area contributed by atoms with Gasteiger partial charge in [-0.05, 0) is 0 Å². The first kappa shape index (κ1) is 23.9. The average molecular weight is 525 g/mol. The predicted molar refractivity (Wildman–Crippen MR) is 115 cm³/mol. The standard InChI is InChI=1S/C21H18F3N5O6S/c1-28-8-15-18(17(28)19(30)26-11-4-12(22)16(24)13(23)5-11)35-9-10-6-29(7-14(10)27-36(15,32)33)21(31)20-25-2-3-34-20/h2-5,8,10,14,27H,6-7,9H2,1H3,(H,26,30). The quantitative estimate of drug-likeness (QED) is 0.495. The number of oxazole rings is 1. The molecule has 36 heavy (non-hydrogen) atoms. The molecule has 0 spiro atoms. The molecular formula is C21H18F3N5O6S. The number of amides is 2. The Morgan fingerprint density at radius 1 is 1.19 bits per heavy atom. The van der Waals surface area contributed by atoms with Crippen LogP contribution in [-0.2, 0) is 17.1 Å². The van der Waals surface area contributed by atoms with Crippen LogP contribution in [0, 0.1) is 23.4 Å². The average Bonchev–Trinajstić information content (AvgIpc) is 3.54. The Bertz CT molecular complexity index is 1450. The molecule has 2 aliphatic rings. The van der Waals surface area contributed by atoms with Crippen LogP contribution >= 0.6 is 0 Å². The van der Waals surface area contributed by atoms with E-state index in [1.165, 1.54) is 29.0 Å². The van der Waals surface area contributed by atoms with Crippen molar-refractivity contribution in [3.63, 3.8) is 0 Å². The number of carbonyl (C=O) groups is 2. The summed E-state index contributed by atoms with van der Waals surface area (Å²) in [6, 6.07) is 0.500. The summed E-state index contributed by atoms with van der Waals surface area (Å²) in [7, 11) is -2.82. The van der Waals surface area contributed by atoms with Gasteiger partial charge in [0.2, 0.25) is 10.0 Å². The highest BCUT2D eigenvalue weighted by Gasteiger charge is 2.43. The van der Waals surface area contributed by atoms with Crippen molar-refractivity contribution in [1.82, 2.24) is 19.2 Å². The lowest BCUT2D eigenvalue weighted by Crippen LogP contribution is -2.43. The summed E-state index contributed by atoms with van der Waals surface area (Å²) in [5, 5.41) is 2.22. The first-order chi connectivity index (χ1) is 17.0. The number of halogens is 3. The highest BCUT2D eigenvalue weighted by Crippen LogP contribution is 2.35. The third kappa shape index (κ3) is 4.09. The number of ether oxygens (including phenoxy) is 1. The Hall–Kier alpha value is -3.85. The molecule has 0 aliphatic carbocycles. The third-order valence-corrected chi connectivity index (χ3v) is 7.42. The molecule has 1 aromatic carbocycles. The smallest absolute Gasteiger partial charge is 0.309 e. The van der Waals surface area contributed by atoms with Crippen molar-refractivity contribution in [2.75, 3.05) is 25.0 Å².